The fourth-order valence-corrected chi connectivity index (χ4v) is 4.54. The first-order chi connectivity index (χ1) is 17.9. The molecular weight excluding hydrogens is 528 g/mol. The number of hydrogen-bond acceptors (Lipinski definition) is 5. The Balaban J connectivity index is 1.66. The number of aromatic nitrogens is 3. The van der Waals surface area contributed by atoms with E-state index in [2.05, 4.69) is 15.4 Å². The quantitative estimate of drug-likeness (QED) is 0.439. The maximum atomic E-state index is 13.7. The van der Waals surface area contributed by atoms with Gasteiger partial charge in [0.2, 0.25) is 11.8 Å². The van der Waals surface area contributed by atoms with Crippen LogP contribution in [0, 0.1) is 18.7 Å². The number of nitrogens with zero attached hydrogens (tertiary/aromatic N) is 5. The molecule has 2 atom stereocenters. The van der Waals surface area contributed by atoms with Crippen molar-refractivity contribution >= 4 is 40.6 Å². The van der Waals surface area contributed by atoms with Crippen LogP contribution < -0.4 is 15.1 Å². The Labute approximate surface area is 221 Å². The second-order valence-electron chi connectivity index (χ2n) is 9.02. The van der Waals surface area contributed by atoms with E-state index in [1.807, 2.05) is 6.92 Å². The summed E-state index contributed by atoms with van der Waals surface area (Å²) >= 11 is 5.88. The van der Waals surface area contributed by atoms with Crippen molar-refractivity contribution in [2.45, 2.75) is 39.0 Å². The summed E-state index contributed by atoms with van der Waals surface area (Å²) in [7, 11) is 1.45. The maximum Gasteiger partial charge on any atom is 0.416 e. The van der Waals surface area contributed by atoms with E-state index in [1.165, 1.54) is 42.1 Å². The van der Waals surface area contributed by atoms with Crippen LogP contribution in [0.3, 0.4) is 0 Å². The first-order valence-corrected chi connectivity index (χ1v) is 12.1. The van der Waals surface area contributed by atoms with Gasteiger partial charge in [-0.2, -0.15) is 18.3 Å². The van der Waals surface area contributed by atoms with E-state index in [4.69, 9.17) is 11.6 Å². The smallest absolute Gasteiger partial charge is 0.344 e. The second kappa shape index (κ2) is 10.6. The number of amides is 2. The van der Waals surface area contributed by atoms with Gasteiger partial charge in [-0.05, 0) is 50.6 Å². The molecule has 202 valence electrons. The average Bonchev–Trinajstić information content (AvgIpc) is 3.51. The Hall–Kier alpha value is -3.67. The lowest BCUT2D eigenvalue weighted by Crippen LogP contribution is -2.44. The Morgan fingerprint density at radius 3 is 2.61 bits per heavy atom. The molecule has 3 aromatic rings. The number of pyridine rings is 1. The van der Waals surface area contributed by atoms with Crippen molar-refractivity contribution in [2.75, 3.05) is 28.7 Å². The first kappa shape index (κ1) is 27.4. The van der Waals surface area contributed by atoms with Crippen molar-refractivity contribution in [3.8, 4) is 0 Å². The van der Waals surface area contributed by atoms with Crippen LogP contribution in [0.25, 0.3) is 0 Å². The number of hydrogen-bond donors (Lipinski definition) is 1. The number of anilines is 3. The highest BCUT2D eigenvalue weighted by molar-refractivity contribution is 6.31. The van der Waals surface area contributed by atoms with E-state index < -0.39 is 41.3 Å². The van der Waals surface area contributed by atoms with Gasteiger partial charge in [0.1, 0.15) is 17.7 Å². The van der Waals surface area contributed by atoms with Crippen molar-refractivity contribution in [3.05, 3.63) is 64.8 Å². The molecule has 38 heavy (non-hydrogen) atoms. The number of nitrogens with one attached hydrogen (secondary N) is 1. The molecule has 0 aliphatic carbocycles. The Morgan fingerprint density at radius 2 is 1.97 bits per heavy atom. The molecule has 0 spiro atoms. The van der Waals surface area contributed by atoms with Gasteiger partial charge in [-0.3, -0.25) is 14.3 Å². The summed E-state index contributed by atoms with van der Waals surface area (Å²) in [5.74, 6) is -2.40. The first-order valence-electron chi connectivity index (χ1n) is 11.8. The maximum absolute atomic E-state index is 13.7. The molecule has 0 unspecified atom stereocenters. The van der Waals surface area contributed by atoms with Crippen molar-refractivity contribution in [3.63, 3.8) is 0 Å². The number of carbonyl (C=O) groups is 2. The summed E-state index contributed by atoms with van der Waals surface area (Å²) < 4.78 is 56.0. The molecular formula is C25H25ClF4N6O2. The van der Waals surface area contributed by atoms with Crippen LogP contribution in [0.5, 0.6) is 0 Å². The molecule has 1 N–H and O–H groups in total. The van der Waals surface area contributed by atoms with Crippen LogP contribution in [0.15, 0.2) is 42.7 Å². The molecule has 2 amide bonds. The topological polar surface area (TPSA) is 83.4 Å². The summed E-state index contributed by atoms with van der Waals surface area (Å²) in [6.45, 7) is 3.87. The van der Waals surface area contributed by atoms with Gasteiger partial charge in [0.15, 0.2) is 0 Å². The van der Waals surface area contributed by atoms with E-state index in [1.54, 1.807) is 10.9 Å². The summed E-state index contributed by atoms with van der Waals surface area (Å²) in [6.07, 6.45) is -1.47. The highest BCUT2D eigenvalue weighted by Gasteiger charge is 2.43. The molecule has 4 rings (SSSR count). The average molecular weight is 553 g/mol. The van der Waals surface area contributed by atoms with E-state index in [0.29, 0.717) is 12.2 Å². The van der Waals surface area contributed by atoms with E-state index >= 15 is 0 Å². The third kappa shape index (κ3) is 5.74. The predicted molar refractivity (Wildman–Crippen MR) is 135 cm³/mol. The summed E-state index contributed by atoms with van der Waals surface area (Å²) in [5, 5.41) is 6.68. The molecule has 1 aliphatic heterocycles. The minimum absolute atomic E-state index is 0.0167. The molecule has 13 heteroatoms. The molecule has 0 radical (unpaired) electrons. The molecule has 0 bridgehead atoms. The number of alkyl halides is 3. The molecule has 8 nitrogen and oxygen atoms in total. The van der Waals surface area contributed by atoms with E-state index in [9.17, 15) is 27.2 Å². The van der Waals surface area contributed by atoms with Crippen LogP contribution in [0.2, 0.25) is 5.02 Å². The Morgan fingerprint density at radius 1 is 1.24 bits per heavy atom. The summed E-state index contributed by atoms with van der Waals surface area (Å²) in [6, 6.07) is 4.51. The van der Waals surface area contributed by atoms with Gasteiger partial charge in [-0.25, -0.2) is 9.37 Å². The van der Waals surface area contributed by atoms with Crippen LogP contribution in [0.1, 0.15) is 24.6 Å². The zero-order chi connectivity index (χ0) is 27.8. The number of aryl methyl sites for hydroxylation is 2. The molecule has 2 aromatic heterocycles. The summed E-state index contributed by atoms with van der Waals surface area (Å²) in [4.78, 5) is 33.6. The van der Waals surface area contributed by atoms with Gasteiger partial charge in [0.05, 0.1) is 28.4 Å². The monoisotopic (exact) mass is 552 g/mol. The van der Waals surface area contributed by atoms with E-state index in [-0.39, 0.29) is 35.2 Å². The van der Waals surface area contributed by atoms with Crippen molar-refractivity contribution in [1.29, 1.82) is 0 Å². The summed E-state index contributed by atoms with van der Waals surface area (Å²) in [5.41, 5.74) is -0.0528. The second-order valence-corrected chi connectivity index (χ2v) is 9.43. The molecule has 3 heterocycles. The number of rotatable bonds is 6. The lowest BCUT2D eigenvalue weighted by molar-refractivity contribution is -0.137. The van der Waals surface area contributed by atoms with Crippen LogP contribution in [0.4, 0.5) is 34.8 Å². The zero-order valence-corrected chi connectivity index (χ0v) is 21.5. The van der Waals surface area contributed by atoms with Crippen LogP contribution in [-0.2, 0) is 22.3 Å². The highest BCUT2D eigenvalue weighted by atomic mass is 35.5. The number of halogens is 5. The third-order valence-electron chi connectivity index (χ3n) is 6.36. The van der Waals surface area contributed by atoms with Gasteiger partial charge in [-0.15, -0.1) is 0 Å². The molecule has 1 fully saturated rings. The standard InChI is InChI=1S/C25H25ClF4N6O2/c1-4-35-13-17(11-31-35)33-23(37)15-8-21(24(38)34(3)18-5-6-20(27)19(26)10-18)36(12-15)22-9-16(25(28,29)30)7-14(2)32-22/h5-7,9-11,13,15,21H,4,8,12H2,1-3H3,(H,33,37)/t15-,21-/m0/s1. The van der Waals surface area contributed by atoms with Gasteiger partial charge < -0.3 is 15.1 Å². The zero-order valence-electron chi connectivity index (χ0n) is 20.8. The van der Waals surface area contributed by atoms with Gasteiger partial charge in [-0.1, -0.05) is 11.6 Å². The van der Waals surface area contributed by atoms with E-state index in [0.717, 1.165) is 18.2 Å². The van der Waals surface area contributed by atoms with Gasteiger partial charge in [0.25, 0.3) is 0 Å². The van der Waals surface area contributed by atoms with Crippen LogP contribution >= 0.6 is 11.6 Å². The van der Waals surface area contributed by atoms with Crippen LogP contribution in [-0.4, -0.2) is 46.2 Å². The normalized spacial score (nSPS) is 17.5. The minimum atomic E-state index is -4.63. The largest absolute Gasteiger partial charge is 0.416 e. The molecule has 1 saturated heterocycles. The molecule has 1 aromatic carbocycles. The van der Waals surface area contributed by atoms with Gasteiger partial charge >= 0.3 is 6.18 Å². The van der Waals surface area contributed by atoms with Crippen molar-refractivity contribution in [1.82, 2.24) is 14.8 Å². The number of likely N-dealkylation sites (N-methyl/N-ethyl adjacent to an activating group) is 1. The molecule has 1 aliphatic rings. The van der Waals surface area contributed by atoms with Crippen molar-refractivity contribution in [2.24, 2.45) is 5.92 Å². The lowest BCUT2D eigenvalue weighted by Gasteiger charge is -2.29. The van der Waals surface area contributed by atoms with Crippen molar-refractivity contribution < 1.29 is 27.2 Å². The Bertz CT molecular complexity index is 1360. The lowest BCUT2D eigenvalue weighted by atomic mass is 10.0. The SMILES string of the molecule is CCn1cc(NC(=O)[C@H]2C[C@@H](C(=O)N(C)c3ccc(F)c(Cl)c3)N(c3cc(C(F)(F)F)cc(C)n3)C2)cn1. The minimum Gasteiger partial charge on any atom is -0.344 e. The molecule has 0 saturated carbocycles. The van der Waals surface area contributed by atoms with Gasteiger partial charge in [0, 0.05) is 37.7 Å². The third-order valence-corrected chi connectivity index (χ3v) is 6.65. The highest BCUT2D eigenvalue weighted by Crippen LogP contribution is 2.36. The Kier molecular flexibility index (Phi) is 7.63. The fraction of sp³-hybridized carbons (Fsp3) is 0.360. The predicted octanol–water partition coefficient (Wildman–Crippen LogP) is 4.91. The number of carbonyl (C=O) groups excluding carboxylic acids is 2. The number of benzene rings is 1. The fourth-order valence-electron chi connectivity index (χ4n) is 4.36.